The third kappa shape index (κ3) is 2.45. The Balaban J connectivity index is 2.03. The predicted octanol–water partition coefficient (Wildman–Crippen LogP) is 3.97. The molecule has 3 rings (SSSR count). The van der Waals surface area contributed by atoms with Gasteiger partial charge in [-0.05, 0) is 24.6 Å². The standard InChI is InChI=1S/C18H15NO/c1-13-11-16(15-9-5-6-10-17(15)19-13)18(20)12-14-7-3-2-4-8-14/h2-11H,12H2,1H3. The first-order valence-electron chi connectivity index (χ1n) is 6.67. The number of rotatable bonds is 3. The zero-order valence-corrected chi connectivity index (χ0v) is 11.3. The van der Waals surface area contributed by atoms with Gasteiger partial charge < -0.3 is 0 Å². The van der Waals surface area contributed by atoms with Gasteiger partial charge in [0.15, 0.2) is 5.78 Å². The number of hydrogen-bond donors (Lipinski definition) is 0. The summed E-state index contributed by atoms with van der Waals surface area (Å²) in [6.07, 6.45) is 0.425. The first kappa shape index (κ1) is 12.5. The number of pyridine rings is 1. The Morgan fingerprint density at radius 3 is 2.50 bits per heavy atom. The summed E-state index contributed by atoms with van der Waals surface area (Å²) in [6, 6.07) is 19.5. The highest BCUT2D eigenvalue weighted by molar-refractivity contribution is 6.08. The minimum absolute atomic E-state index is 0.137. The Kier molecular flexibility index (Phi) is 3.30. The summed E-state index contributed by atoms with van der Waals surface area (Å²) in [6.45, 7) is 1.92. The van der Waals surface area contributed by atoms with Crippen LogP contribution in [0.15, 0.2) is 60.7 Å². The number of aryl methyl sites for hydroxylation is 1. The lowest BCUT2D eigenvalue weighted by molar-refractivity contribution is 0.0994. The van der Waals surface area contributed by atoms with Crippen LogP contribution in [0.5, 0.6) is 0 Å². The van der Waals surface area contributed by atoms with Crippen molar-refractivity contribution in [1.82, 2.24) is 4.98 Å². The largest absolute Gasteiger partial charge is 0.294 e. The second kappa shape index (κ2) is 5.25. The molecular formula is C18H15NO. The number of ketones is 1. The van der Waals surface area contributed by atoms with Crippen LogP contribution in [-0.4, -0.2) is 10.8 Å². The van der Waals surface area contributed by atoms with Crippen LogP contribution in [0.3, 0.4) is 0 Å². The lowest BCUT2D eigenvalue weighted by Gasteiger charge is -2.07. The highest BCUT2D eigenvalue weighted by atomic mass is 16.1. The third-order valence-electron chi connectivity index (χ3n) is 3.35. The topological polar surface area (TPSA) is 30.0 Å². The summed E-state index contributed by atoms with van der Waals surface area (Å²) in [5, 5.41) is 0.930. The first-order chi connectivity index (χ1) is 9.74. The monoisotopic (exact) mass is 261 g/mol. The molecule has 0 amide bonds. The van der Waals surface area contributed by atoms with Crippen LogP contribution < -0.4 is 0 Å². The second-order valence-corrected chi connectivity index (χ2v) is 4.91. The number of Topliss-reactive ketones (excluding diaryl/α,β-unsaturated/α-hetero) is 1. The zero-order valence-electron chi connectivity index (χ0n) is 11.3. The molecule has 0 saturated carbocycles. The number of carbonyl (C=O) groups is 1. The van der Waals surface area contributed by atoms with Gasteiger partial charge in [-0.25, -0.2) is 0 Å². The summed E-state index contributed by atoms with van der Waals surface area (Å²) in [7, 11) is 0. The van der Waals surface area contributed by atoms with Crippen molar-refractivity contribution in [1.29, 1.82) is 0 Å². The summed E-state index contributed by atoms with van der Waals surface area (Å²) in [4.78, 5) is 17.0. The normalized spacial score (nSPS) is 10.7. The molecule has 0 spiro atoms. The van der Waals surface area contributed by atoms with E-state index >= 15 is 0 Å². The van der Waals surface area contributed by atoms with E-state index in [9.17, 15) is 4.79 Å². The number of nitrogens with zero attached hydrogens (tertiary/aromatic N) is 1. The molecule has 20 heavy (non-hydrogen) atoms. The summed E-state index contributed by atoms with van der Waals surface area (Å²) >= 11 is 0. The van der Waals surface area contributed by atoms with Crippen LogP contribution in [0.1, 0.15) is 21.6 Å². The maximum atomic E-state index is 12.6. The van der Waals surface area contributed by atoms with Crippen LogP contribution in [0, 0.1) is 6.92 Å². The number of aromatic nitrogens is 1. The average molecular weight is 261 g/mol. The summed E-state index contributed by atoms with van der Waals surface area (Å²) in [5.41, 5.74) is 3.55. The van der Waals surface area contributed by atoms with Gasteiger partial charge in [0.2, 0.25) is 0 Å². The van der Waals surface area contributed by atoms with Crippen molar-refractivity contribution in [3.8, 4) is 0 Å². The van der Waals surface area contributed by atoms with Gasteiger partial charge in [-0.1, -0.05) is 48.5 Å². The molecule has 0 aliphatic rings. The molecule has 0 unspecified atom stereocenters. The van der Waals surface area contributed by atoms with Gasteiger partial charge in [-0.15, -0.1) is 0 Å². The van der Waals surface area contributed by atoms with Crippen molar-refractivity contribution in [3.63, 3.8) is 0 Å². The molecule has 0 N–H and O–H groups in total. The van der Waals surface area contributed by atoms with Gasteiger partial charge in [0, 0.05) is 23.1 Å². The van der Waals surface area contributed by atoms with E-state index in [1.54, 1.807) is 0 Å². The Labute approximate surface area is 118 Å². The smallest absolute Gasteiger partial charge is 0.167 e. The van der Waals surface area contributed by atoms with Gasteiger partial charge in [0.1, 0.15) is 0 Å². The van der Waals surface area contributed by atoms with E-state index in [0.717, 1.165) is 27.7 Å². The van der Waals surface area contributed by atoms with E-state index < -0.39 is 0 Å². The van der Waals surface area contributed by atoms with E-state index in [1.807, 2.05) is 67.6 Å². The lowest BCUT2D eigenvalue weighted by atomic mass is 9.99. The Hall–Kier alpha value is -2.48. The average Bonchev–Trinajstić information content (AvgIpc) is 2.47. The molecule has 1 heterocycles. The van der Waals surface area contributed by atoms with E-state index in [0.29, 0.717) is 6.42 Å². The SMILES string of the molecule is Cc1cc(C(=O)Cc2ccccc2)c2ccccc2n1. The molecule has 0 radical (unpaired) electrons. The molecule has 98 valence electrons. The molecule has 0 aliphatic heterocycles. The quantitative estimate of drug-likeness (QED) is 0.668. The molecule has 2 nitrogen and oxygen atoms in total. The Bertz CT molecular complexity index is 763. The fraction of sp³-hybridized carbons (Fsp3) is 0.111. The number of benzene rings is 2. The number of fused-ring (bicyclic) bond motifs is 1. The van der Waals surface area contributed by atoms with Crippen molar-refractivity contribution in [3.05, 3.63) is 77.5 Å². The maximum absolute atomic E-state index is 12.6. The predicted molar refractivity (Wildman–Crippen MR) is 81.0 cm³/mol. The van der Waals surface area contributed by atoms with Gasteiger partial charge >= 0.3 is 0 Å². The summed E-state index contributed by atoms with van der Waals surface area (Å²) in [5.74, 6) is 0.137. The molecule has 0 bridgehead atoms. The minimum Gasteiger partial charge on any atom is -0.294 e. The van der Waals surface area contributed by atoms with Gasteiger partial charge in [0.05, 0.1) is 5.52 Å². The Morgan fingerprint density at radius 2 is 1.70 bits per heavy atom. The molecule has 1 aromatic heterocycles. The van der Waals surface area contributed by atoms with Crippen molar-refractivity contribution in [2.24, 2.45) is 0 Å². The van der Waals surface area contributed by atoms with E-state index in [2.05, 4.69) is 4.98 Å². The number of hydrogen-bond acceptors (Lipinski definition) is 2. The third-order valence-corrected chi connectivity index (χ3v) is 3.35. The summed E-state index contributed by atoms with van der Waals surface area (Å²) < 4.78 is 0. The zero-order chi connectivity index (χ0) is 13.9. The van der Waals surface area contributed by atoms with E-state index in [-0.39, 0.29) is 5.78 Å². The van der Waals surface area contributed by atoms with Gasteiger partial charge in [-0.2, -0.15) is 0 Å². The first-order valence-corrected chi connectivity index (χ1v) is 6.67. The maximum Gasteiger partial charge on any atom is 0.167 e. The van der Waals surface area contributed by atoms with Crippen LogP contribution in [0.4, 0.5) is 0 Å². The van der Waals surface area contributed by atoms with Crippen molar-refractivity contribution < 1.29 is 4.79 Å². The van der Waals surface area contributed by atoms with Crippen LogP contribution in [0.25, 0.3) is 10.9 Å². The number of carbonyl (C=O) groups excluding carboxylic acids is 1. The van der Waals surface area contributed by atoms with Crippen molar-refractivity contribution in [2.75, 3.05) is 0 Å². The minimum atomic E-state index is 0.137. The van der Waals surface area contributed by atoms with Crippen LogP contribution in [0.2, 0.25) is 0 Å². The highest BCUT2D eigenvalue weighted by Gasteiger charge is 2.12. The molecule has 3 aromatic rings. The van der Waals surface area contributed by atoms with Crippen molar-refractivity contribution >= 4 is 16.7 Å². The molecular weight excluding hydrogens is 246 g/mol. The number of para-hydroxylation sites is 1. The fourth-order valence-corrected chi connectivity index (χ4v) is 2.41. The molecule has 2 aromatic carbocycles. The van der Waals surface area contributed by atoms with Crippen molar-refractivity contribution in [2.45, 2.75) is 13.3 Å². The fourth-order valence-electron chi connectivity index (χ4n) is 2.41. The van der Waals surface area contributed by atoms with Crippen LogP contribution >= 0.6 is 0 Å². The van der Waals surface area contributed by atoms with E-state index in [4.69, 9.17) is 0 Å². The highest BCUT2D eigenvalue weighted by Crippen LogP contribution is 2.20. The van der Waals surface area contributed by atoms with Gasteiger partial charge in [0.25, 0.3) is 0 Å². The van der Waals surface area contributed by atoms with Crippen LogP contribution in [-0.2, 0) is 6.42 Å². The Morgan fingerprint density at radius 1 is 1.00 bits per heavy atom. The molecule has 2 heteroatoms. The molecule has 0 atom stereocenters. The second-order valence-electron chi connectivity index (χ2n) is 4.91. The van der Waals surface area contributed by atoms with Gasteiger partial charge in [-0.3, -0.25) is 9.78 Å². The molecule has 0 fully saturated rings. The molecule has 0 saturated heterocycles. The lowest BCUT2D eigenvalue weighted by Crippen LogP contribution is -2.05. The molecule has 0 aliphatic carbocycles. The van der Waals surface area contributed by atoms with E-state index in [1.165, 1.54) is 0 Å².